The Bertz CT molecular complexity index is 565. The van der Waals surface area contributed by atoms with Gasteiger partial charge in [0.25, 0.3) is 5.91 Å². The Hall–Kier alpha value is -1.83. The van der Waals surface area contributed by atoms with E-state index in [0.29, 0.717) is 5.56 Å². The Kier molecular flexibility index (Phi) is 5.38. The molecule has 0 spiro atoms. The molecule has 0 atom stereocenters. The van der Waals surface area contributed by atoms with E-state index >= 15 is 0 Å². The number of aryl methyl sites for hydroxylation is 1. The molecule has 1 saturated carbocycles. The lowest BCUT2D eigenvalue weighted by Gasteiger charge is -2.35. The highest BCUT2D eigenvalue weighted by atomic mass is 16.5. The average Bonchev–Trinajstić information content (AvgIpc) is 2.43. The lowest BCUT2D eigenvalue weighted by atomic mass is 9.89. The summed E-state index contributed by atoms with van der Waals surface area (Å²) in [4.78, 5) is 12.2. The summed E-state index contributed by atoms with van der Waals surface area (Å²) in [6.45, 7) is 4.45. The minimum atomic E-state index is -0.162. The zero-order valence-electron chi connectivity index (χ0n) is 12.5. The number of hydrogen-bond acceptors (Lipinski definition) is 3. The van der Waals surface area contributed by atoms with Crippen LogP contribution in [0.4, 0.5) is 0 Å². The van der Waals surface area contributed by atoms with E-state index in [4.69, 9.17) is 9.84 Å². The van der Waals surface area contributed by atoms with Crippen LogP contribution in [0.1, 0.15) is 41.3 Å². The van der Waals surface area contributed by atoms with Crippen molar-refractivity contribution in [1.29, 1.82) is 0 Å². The van der Waals surface area contributed by atoms with Gasteiger partial charge in [-0.2, -0.15) is 0 Å². The maximum absolute atomic E-state index is 12.2. The third-order valence-electron chi connectivity index (χ3n) is 3.62. The van der Waals surface area contributed by atoms with Gasteiger partial charge < -0.3 is 15.2 Å². The van der Waals surface area contributed by atoms with Crippen LogP contribution in [0.25, 0.3) is 0 Å². The number of benzene rings is 1. The summed E-state index contributed by atoms with van der Waals surface area (Å²) in [6, 6.07) is 5.62. The lowest BCUT2D eigenvalue weighted by Crippen LogP contribution is -2.47. The van der Waals surface area contributed by atoms with E-state index in [9.17, 15) is 4.79 Å². The molecule has 0 saturated heterocycles. The van der Waals surface area contributed by atoms with E-state index in [1.165, 1.54) is 0 Å². The first-order valence-electron chi connectivity index (χ1n) is 7.27. The second kappa shape index (κ2) is 7.26. The Labute approximate surface area is 125 Å². The van der Waals surface area contributed by atoms with Crippen LogP contribution < -0.4 is 5.32 Å². The molecular weight excluding hydrogens is 266 g/mol. The second-order valence-corrected chi connectivity index (χ2v) is 5.21. The summed E-state index contributed by atoms with van der Waals surface area (Å²) in [7, 11) is 0. The molecule has 1 aromatic carbocycles. The molecule has 0 bridgehead atoms. The fraction of sp³-hybridized carbons (Fsp3) is 0.471. The molecule has 112 valence electrons. The Balaban J connectivity index is 1.93. The number of aliphatic hydroxyl groups is 1. The summed E-state index contributed by atoms with van der Waals surface area (Å²) in [5, 5.41) is 11.7. The molecule has 0 heterocycles. The second-order valence-electron chi connectivity index (χ2n) is 5.21. The third-order valence-corrected chi connectivity index (χ3v) is 3.62. The van der Waals surface area contributed by atoms with E-state index in [1.807, 2.05) is 26.0 Å². The molecule has 1 aliphatic carbocycles. The minimum Gasteiger partial charge on any atom is -0.384 e. The first-order valence-corrected chi connectivity index (χ1v) is 7.27. The number of rotatable bonds is 4. The van der Waals surface area contributed by atoms with Crippen LogP contribution in [0.5, 0.6) is 0 Å². The van der Waals surface area contributed by atoms with Gasteiger partial charge in [-0.3, -0.25) is 4.79 Å². The van der Waals surface area contributed by atoms with Crippen LogP contribution in [0.3, 0.4) is 0 Å². The highest BCUT2D eigenvalue weighted by Crippen LogP contribution is 2.23. The van der Waals surface area contributed by atoms with Gasteiger partial charge in [-0.15, -0.1) is 0 Å². The topological polar surface area (TPSA) is 58.6 Å². The summed E-state index contributed by atoms with van der Waals surface area (Å²) in [6.07, 6.45) is 2.07. The molecule has 1 aliphatic rings. The zero-order valence-corrected chi connectivity index (χ0v) is 12.5. The predicted octanol–water partition coefficient (Wildman–Crippen LogP) is 1.64. The SMILES string of the molecule is CCOC1CC(NC(=O)c2ccc(C#CCO)c(C)c2)C1. The number of amides is 1. The van der Waals surface area contributed by atoms with E-state index in [2.05, 4.69) is 17.2 Å². The zero-order chi connectivity index (χ0) is 15.2. The number of carbonyl (C=O) groups excluding carboxylic acids is 1. The molecule has 2 rings (SSSR count). The van der Waals surface area contributed by atoms with E-state index < -0.39 is 0 Å². The monoisotopic (exact) mass is 287 g/mol. The Morgan fingerprint density at radius 2 is 2.24 bits per heavy atom. The Morgan fingerprint density at radius 3 is 2.86 bits per heavy atom. The molecule has 0 unspecified atom stereocenters. The van der Waals surface area contributed by atoms with Gasteiger partial charge in [-0.05, 0) is 50.5 Å². The van der Waals surface area contributed by atoms with Crippen molar-refractivity contribution in [3.05, 3.63) is 34.9 Å². The minimum absolute atomic E-state index is 0.0558. The van der Waals surface area contributed by atoms with Crippen LogP contribution in [-0.2, 0) is 4.74 Å². The van der Waals surface area contributed by atoms with Crippen molar-refractivity contribution < 1.29 is 14.6 Å². The van der Waals surface area contributed by atoms with Crippen LogP contribution in [0.15, 0.2) is 18.2 Å². The molecule has 0 aliphatic heterocycles. The molecule has 1 amide bonds. The van der Waals surface area contributed by atoms with Crippen LogP contribution >= 0.6 is 0 Å². The fourth-order valence-electron chi connectivity index (χ4n) is 2.40. The number of nitrogens with one attached hydrogen (secondary N) is 1. The van der Waals surface area contributed by atoms with Gasteiger partial charge in [0, 0.05) is 23.8 Å². The number of ether oxygens (including phenoxy) is 1. The van der Waals surface area contributed by atoms with E-state index in [0.717, 1.165) is 30.6 Å². The van der Waals surface area contributed by atoms with Crippen molar-refractivity contribution >= 4 is 5.91 Å². The van der Waals surface area contributed by atoms with Crippen molar-refractivity contribution in [3.8, 4) is 11.8 Å². The van der Waals surface area contributed by atoms with Gasteiger partial charge in [0.05, 0.1) is 6.10 Å². The molecule has 0 aromatic heterocycles. The average molecular weight is 287 g/mol. The van der Waals surface area contributed by atoms with Crippen molar-refractivity contribution in [2.75, 3.05) is 13.2 Å². The van der Waals surface area contributed by atoms with Crippen LogP contribution in [0, 0.1) is 18.8 Å². The van der Waals surface area contributed by atoms with Gasteiger partial charge in [-0.1, -0.05) is 11.8 Å². The largest absolute Gasteiger partial charge is 0.384 e. The molecule has 1 fully saturated rings. The smallest absolute Gasteiger partial charge is 0.251 e. The standard InChI is InChI=1S/C17H21NO3/c1-3-21-16-10-15(11-16)18-17(20)14-7-6-13(5-4-8-19)12(2)9-14/h6-7,9,15-16,19H,3,8,10-11H2,1-2H3,(H,18,20). The summed E-state index contributed by atoms with van der Waals surface area (Å²) < 4.78 is 5.48. The summed E-state index contributed by atoms with van der Waals surface area (Å²) in [5.41, 5.74) is 2.41. The summed E-state index contributed by atoms with van der Waals surface area (Å²) >= 11 is 0. The number of aliphatic hydroxyl groups excluding tert-OH is 1. The molecule has 1 aromatic rings. The maximum atomic E-state index is 12.2. The molecule has 21 heavy (non-hydrogen) atoms. The third kappa shape index (κ3) is 4.07. The van der Waals surface area contributed by atoms with E-state index in [-0.39, 0.29) is 24.7 Å². The van der Waals surface area contributed by atoms with Gasteiger partial charge in [0.1, 0.15) is 6.61 Å². The van der Waals surface area contributed by atoms with Gasteiger partial charge in [0.15, 0.2) is 0 Å². The number of carbonyl (C=O) groups is 1. The first kappa shape index (κ1) is 15.6. The molecule has 2 N–H and O–H groups in total. The van der Waals surface area contributed by atoms with Crippen LogP contribution in [-0.4, -0.2) is 36.4 Å². The quantitative estimate of drug-likeness (QED) is 0.828. The van der Waals surface area contributed by atoms with Crippen molar-refractivity contribution in [1.82, 2.24) is 5.32 Å². The van der Waals surface area contributed by atoms with Gasteiger partial charge >= 0.3 is 0 Å². The Morgan fingerprint density at radius 1 is 1.48 bits per heavy atom. The lowest BCUT2D eigenvalue weighted by molar-refractivity contribution is -0.00862. The van der Waals surface area contributed by atoms with Crippen molar-refractivity contribution in [2.45, 2.75) is 38.8 Å². The highest BCUT2D eigenvalue weighted by Gasteiger charge is 2.30. The van der Waals surface area contributed by atoms with Crippen LogP contribution in [0.2, 0.25) is 0 Å². The highest BCUT2D eigenvalue weighted by molar-refractivity contribution is 5.94. The summed E-state index contributed by atoms with van der Waals surface area (Å²) in [5.74, 6) is 5.42. The van der Waals surface area contributed by atoms with Crippen molar-refractivity contribution in [2.24, 2.45) is 0 Å². The fourth-order valence-corrected chi connectivity index (χ4v) is 2.40. The molecular formula is C17H21NO3. The molecule has 4 nitrogen and oxygen atoms in total. The van der Waals surface area contributed by atoms with E-state index in [1.54, 1.807) is 6.07 Å². The predicted molar refractivity (Wildman–Crippen MR) is 81.0 cm³/mol. The van der Waals surface area contributed by atoms with Gasteiger partial charge in [-0.25, -0.2) is 0 Å². The molecule has 4 heteroatoms. The molecule has 0 radical (unpaired) electrons. The van der Waals surface area contributed by atoms with Crippen molar-refractivity contribution in [3.63, 3.8) is 0 Å². The maximum Gasteiger partial charge on any atom is 0.251 e. The first-order chi connectivity index (χ1) is 10.1. The normalized spacial score (nSPS) is 20.1. The van der Waals surface area contributed by atoms with Gasteiger partial charge in [0.2, 0.25) is 0 Å². The number of hydrogen-bond donors (Lipinski definition) is 2.